The van der Waals surface area contributed by atoms with Crippen molar-refractivity contribution in [2.24, 2.45) is 0 Å². The molecule has 0 saturated carbocycles. The predicted molar refractivity (Wildman–Crippen MR) is 90.2 cm³/mol. The number of amides is 1. The molecule has 2 fully saturated rings. The maximum absolute atomic E-state index is 12.2. The summed E-state index contributed by atoms with van der Waals surface area (Å²) in [5.74, 6) is 0.278. The molecule has 23 heavy (non-hydrogen) atoms. The van der Waals surface area contributed by atoms with Crippen molar-refractivity contribution < 1.29 is 9.53 Å². The highest BCUT2D eigenvalue weighted by molar-refractivity contribution is 5.76. The summed E-state index contributed by atoms with van der Waals surface area (Å²) in [5, 5.41) is 0. The number of nitrogens with zero attached hydrogens (tertiary/aromatic N) is 3. The van der Waals surface area contributed by atoms with Crippen molar-refractivity contribution in [1.82, 2.24) is 14.7 Å². The molecule has 0 atom stereocenters. The molecule has 0 bridgehead atoms. The Hall–Kier alpha value is -1.43. The Kier molecular flexibility index (Phi) is 6.02. The summed E-state index contributed by atoms with van der Waals surface area (Å²) in [5.41, 5.74) is 1.38. The fourth-order valence-electron chi connectivity index (χ4n) is 3.24. The van der Waals surface area contributed by atoms with Gasteiger partial charge in [-0.05, 0) is 5.56 Å². The van der Waals surface area contributed by atoms with E-state index in [1.165, 1.54) is 5.56 Å². The van der Waals surface area contributed by atoms with Gasteiger partial charge in [0.05, 0.1) is 13.2 Å². The molecule has 2 aliphatic rings. The van der Waals surface area contributed by atoms with E-state index in [-0.39, 0.29) is 5.91 Å². The standard InChI is InChI=1S/C18H27N3O2/c22-18(21-12-14-23-15-13-21)6-7-19-8-10-20(11-9-19)16-17-4-2-1-3-5-17/h1-5H,6-16H2. The number of carbonyl (C=O) groups is 1. The number of piperazine rings is 1. The molecule has 0 unspecified atom stereocenters. The highest BCUT2D eigenvalue weighted by atomic mass is 16.5. The topological polar surface area (TPSA) is 36.0 Å². The number of benzene rings is 1. The van der Waals surface area contributed by atoms with Crippen LogP contribution in [0.1, 0.15) is 12.0 Å². The SMILES string of the molecule is O=C(CCN1CCN(Cc2ccccc2)CC1)N1CCOCC1. The number of rotatable bonds is 5. The Morgan fingerprint density at radius 3 is 2.26 bits per heavy atom. The summed E-state index contributed by atoms with van der Waals surface area (Å²) >= 11 is 0. The van der Waals surface area contributed by atoms with Gasteiger partial charge in [-0.15, -0.1) is 0 Å². The lowest BCUT2D eigenvalue weighted by molar-refractivity contribution is -0.135. The minimum atomic E-state index is 0.278. The summed E-state index contributed by atoms with van der Waals surface area (Å²) in [7, 11) is 0. The van der Waals surface area contributed by atoms with Crippen LogP contribution in [0.25, 0.3) is 0 Å². The smallest absolute Gasteiger partial charge is 0.224 e. The van der Waals surface area contributed by atoms with Gasteiger partial charge < -0.3 is 14.5 Å². The summed E-state index contributed by atoms with van der Waals surface area (Å²) in [4.78, 5) is 19.0. The van der Waals surface area contributed by atoms with Crippen LogP contribution >= 0.6 is 0 Å². The summed E-state index contributed by atoms with van der Waals surface area (Å²) < 4.78 is 5.30. The monoisotopic (exact) mass is 317 g/mol. The number of hydrogen-bond donors (Lipinski definition) is 0. The molecule has 2 heterocycles. The summed E-state index contributed by atoms with van der Waals surface area (Å²) in [6, 6.07) is 10.6. The molecule has 5 nitrogen and oxygen atoms in total. The van der Waals surface area contributed by atoms with Crippen molar-refractivity contribution in [1.29, 1.82) is 0 Å². The van der Waals surface area contributed by atoms with Gasteiger partial charge in [-0.1, -0.05) is 30.3 Å². The second-order valence-corrected chi connectivity index (χ2v) is 6.35. The maximum Gasteiger partial charge on any atom is 0.224 e. The van der Waals surface area contributed by atoms with Crippen LogP contribution in [0.5, 0.6) is 0 Å². The molecule has 5 heteroatoms. The van der Waals surface area contributed by atoms with E-state index in [4.69, 9.17) is 4.74 Å². The first kappa shape index (κ1) is 16.4. The molecule has 1 aromatic rings. The largest absolute Gasteiger partial charge is 0.378 e. The van der Waals surface area contributed by atoms with Crippen LogP contribution in [0.4, 0.5) is 0 Å². The van der Waals surface area contributed by atoms with E-state index >= 15 is 0 Å². The first-order chi connectivity index (χ1) is 11.3. The third-order valence-corrected chi connectivity index (χ3v) is 4.72. The molecule has 0 N–H and O–H groups in total. The molecule has 0 spiro atoms. The minimum absolute atomic E-state index is 0.278. The molecule has 1 amide bonds. The van der Waals surface area contributed by atoms with E-state index in [1.54, 1.807) is 0 Å². The zero-order chi connectivity index (χ0) is 15.9. The first-order valence-corrected chi connectivity index (χ1v) is 8.65. The summed E-state index contributed by atoms with van der Waals surface area (Å²) in [6.45, 7) is 9.08. The van der Waals surface area contributed by atoms with Gasteiger partial charge in [0.15, 0.2) is 0 Å². The zero-order valence-electron chi connectivity index (χ0n) is 13.8. The van der Waals surface area contributed by atoms with Crippen LogP contribution in [-0.2, 0) is 16.1 Å². The first-order valence-electron chi connectivity index (χ1n) is 8.65. The van der Waals surface area contributed by atoms with Crippen molar-refractivity contribution in [2.75, 3.05) is 59.0 Å². The number of ether oxygens (including phenoxy) is 1. The molecule has 0 aromatic heterocycles. The highest BCUT2D eigenvalue weighted by Crippen LogP contribution is 2.09. The molecular weight excluding hydrogens is 290 g/mol. The van der Waals surface area contributed by atoms with E-state index in [9.17, 15) is 4.79 Å². The molecule has 126 valence electrons. The average Bonchev–Trinajstić information content (AvgIpc) is 2.62. The normalized spacial score (nSPS) is 20.6. The van der Waals surface area contributed by atoms with E-state index < -0.39 is 0 Å². The van der Waals surface area contributed by atoms with Crippen LogP contribution in [0.15, 0.2) is 30.3 Å². The van der Waals surface area contributed by atoms with Gasteiger partial charge >= 0.3 is 0 Å². The van der Waals surface area contributed by atoms with Crippen LogP contribution in [0.3, 0.4) is 0 Å². The van der Waals surface area contributed by atoms with Gasteiger partial charge in [-0.3, -0.25) is 9.69 Å². The van der Waals surface area contributed by atoms with Gasteiger partial charge in [-0.2, -0.15) is 0 Å². The minimum Gasteiger partial charge on any atom is -0.378 e. The quantitative estimate of drug-likeness (QED) is 0.813. The molecule has 0 radical (unpaired) electrons. The fraction of sp³-hybridized carbons (Fsp3) is 0.611. The fourth-order valence-corrected chi connectivity index (χ4v) is 3.24. The molecular formula is C18H27N3O2. The molecule has 2 saturated heterocycles. The van der Waals surface area contributed by atoms with E-state index in [1.807, 2.05) is 4.90 Å². The molecule has 1 aromatic carbocycles. The van der Waals surface area contributed by atoms with E-state index in [2.05, 4.69) is 40.1 Å². The zero-order valence-corrected chi connectivity index (χ0v) is 13.8. The average molecular weight is 317 g/mol. The van der Waals surface area contributed by atoms with Crippen molar-refractivity contribution in [3.63, 3.8) is 0 Å². The molecule has 2 aliphatic heterocycles. The van der Waals surface area contributed by atoms with Gasteiger partial charge in [0.25, 0.3) is 0 Å². The van der Waals surface area contributed by atoms with Crippen LogP contribution < -0.4 is 0 Å². The Morgan fingerprint density at radius 2 is 1.57 bits per heavy atom. The second-order valence-electron chi connectivity index (χ2n) is 6.35. The third kappa shape index (κ3) is 5.03. The Labute approximate surface area is 138 Å². The number of hydrogen-bond acceptors (Lipinski definition) is 4. The van der Waals surface area contributed by atoms with Crippen molar-refractivity contribution in [3.05, 3.63) is 35.9 Å². The van der Waals surface area contributed by atoms with Crippen LogP contribution in [0, 0.1) is 0 Å². The predicted octanol–water partition coefficient (Wildman–Crippen LogP) is 1.05. The molecule has 0 aliphatic carbocycles. The number of carbonyl (C=O) groups excluding carboxylic acids is 1. The van der Waals surface area contributed by atoms with Crippen LogP contribution in [-0.4, -0.2) is 79.6 Å². The van der Waals surface area contributed by atoms with Gasteiger partial charge in [0, 0.05) is 58.8 Å². The Bertz CT molecular complexity index is 480. The van der Waals surface area contributed by atoms with Gasteiger partial charge in [0.1, 0.15) is 0 Å². The Balaban J connectivity index is 1.35. The van der Waals surface area contributed by atoms with Crippen molar-refractivity contribution in [2.45, 2.75) is 13.0 Å². The lowest BCUT2D eigenvalue weighted by Gasteiger charge is -2.35. The number of morpholine rings is 1. The van der Waals surface area contributed by atoms with Crippen LogP contribution in [0.2, 0.25) is 0 Å². The Morgan fingerprint density at radius 1 is 0.913 bits per heavy atom. The van der Waals surface area contributed by atoms with E-state index in [0.29, 0.717) is 19.6 Å². The van der Waals surface area contributed by atoms with Crippen molar-refractivity contribution in [3.8, 4) is 0 Å². The van der Waals surface area contributed by atoms with Gasteiger partial charge in [-0.25, -0.2) is 0 Å². The maximum atomic E-state index is 12.2. The summed E-state index contributed by atoms with van der Waals surface area (Å²) in [6.07, 6.45) is 0.638. The lowest BCUT2D eigenvalue weighted by atomic mass is 10.2. The lowest BCUT2D eigenvalue weighted by Crippen LogP contribution is -2.47. The third-order valence-electron chi connectivity index (χ3n) is 4.72. The highest BCUT2D eigenvalue weighted by Gasteiger charge is 2.20. The van der Waals surface area contributed by atoms with E-state index in [0.717, 1.165) is 52.4 Å². The second kappa shape index (κ2) is 8.43. The molecule has 3 rings (SSSR count). The van der Waals surface area contributed by atoms with Crippen molar-refractivity contribution >= 4 is 5.91 Å². The van der Waals surface area contributed by atoms with Gasteiger partial charge in [0.2, 0.25) is 5.91 Å².